The Morgan fingerprint density at radius 3 is 2.71 bits per heavy atom. The van der Waals surface area contributed by atoms with E-state index in [0.717, 1.165) is 35.1 Å². The van der Waals surface area contributed by atoms with Crippen LogP contribution in [0.4, 0.5) is 0 Å². The minimum atomic E-state index is -0.488. The third-order valence-corrected chi connectivity index (χ3v) is 6.01. The first-order valence-electron chi connectivity index (χ1n) is 9.53. The topological polar surface area (TPSA) is 86.0 Å². The number of carbonyl (C=O) groups excluding carboxylic acids is 1. The van der Waals surface area contributed by atoms with E-state index in [1.54, 1.807) is 12.1 Å². The first-order valence-corrected chi connectivity index (χ1v) is 10.4. The number of fused-ring (bicyclic) bond motifs is 1. The van der Waals surface area contributed by atoms with Crippen molar-refractivity contribution in [3.8, 4) is 0 Å². The Balaban J connectivity index is 1.71. The number of hydrogen-bond acceptors (Lipinski definition) is 5. The Kier molecular flexibility index (Phi) is 5.38. The Morgan fingerprint density at radius 1 is 1.14 bits per heavy atom. The van der Waals surface area contributed by atoms with Crippen molar-refractivity contribution in [2.24, 2.45) is 0 Å². The molecule has 1 amide bonds. The Morgan fingerprint density at radius 2 is 1.96 bits per heavy atom. The summed E-state index contributed by atoms with van der Waals surface area (Å²) in [5.74, 6) is -0.208. The van der Waals surface area contributed by atoms with Gasteiger partial charge in [0.25, 0.3) is 5.56 Å². The van der Waals surface area contributed by atoms with Crippen LogP contribution in [-0.2, 0) is 17.9 Å². The van der Waals surface area contributed by atoms with Crippen molar-refractivity contribution < 1.29 is 4.79 Å². The molecular weight excluding hydrogens is 376 g/mol. The minimum Gasteiger partial charge on any atom is -0.352 e. The number of amides is 1. The summed E-state index contributed by atoms with van der Waals surface area (Å²) in [6.45, 7) is 0.0499. The van der Waals surface area contributed by atoms with Crippen LogP contribution in [0, 0.1) is 0 Å². The molecule has 0 radical (unpaired) electrons. The predicted octanol–water partition coefficient (Wildman–Crippen LogP) is 2.12. The molecule has 4 rings (SSSR count). The van der Waals surface area contributed by atoms with E-state index in [0.29, 0.717) is 5.52 Å². The molecule has 1 aliphatic carbocycles. The van der Waals surface area contributed by atoms with Gasteiger partial charge in [-0.2, -0.15) is 0 Å². The first-order chi connectivity index (χ1) is 13.6. The van der Waals surface area contributed by atoms with Crippen molar-refractivity contribution >= 4 is 28.3 Å². The average Bonchev–Trinajstić information content (AvgIpc) is 3.22. The van der Waals surface area contributed by atoms with Crippen LogP contribution >= 0.6 is 11.3 Å². The van der Waals surface area contributed by atoms with Gasteiger partial charge in [-0.1, -0.05) is 25.3 Å². The van der Waals surface area contributed by atoms with E-state index in [1.807, 2.05) is 17.5 Å². The Hall–Kier alpha value is -2.74. The third kappa shape index (κ3) is 3.77. The molecule has 146 valence electrons. The molecule has 0 saturated heterocycles. The standard InChI is InChI=1S/C20H22N4O3S/c25-17(22-14-6-2-1-3-7-14)13-23-16-9-4-10-21-18(16)19(26)24(20(23)27)12-15-8-5-11-28-15/h4-5,8-11,14H,1-3,6-7,12-13H2,(H,22,25). The normalized spacial score (nSPS) is 15.0. The van der Waals surface area contributed by atoms with E-state index in [-0.39, 0.29) is 30.6 Å². The van der Waals surface area contributed by atoms with Crippen molar-refractivity contribution in [1.29, 1.82) is 0 Å². The summed E-state index contributed by atoms with van der Waals surface area (Å²) in [5, 5.41) is 4.93. The highest BCUT2D eigenvalue weighted by molar-refractivity contribution is 7.09. The van der Waals surface area contributed by atoms with E-state index in [2.05, 4.69) is 10.3 Å². The van der Waals surface area contributed by atoms with Crippen LogP contribution < -0.4 is 16.6 Å². The second-order valence-corrected chi connectivity index (χ2v) is 8.15. The fourth-order valence-corrected chi connectivity index (χ4v) is 4.45. The Labute approximate surface area is 165 Å². The van der Waals surface area contributed by atoms with Gasteiger partial charge < -0.3 is 5.32 Å². The first kappa shape index (κ1) is 18.6. The molecule has 1 aliphatic rings. The molecule has 0 atom stereocenters. The second kappa shape index (κ2) is 8.10. The van der Waals surface area contributed by atoms with Crippen molar-refractivity contribution in [3.05, 3.63) is 61.6 Å². The zero-order valence-electron chi connectivity index (χ0n) is 15.5. The molecule has 0 aliphatic heterocycles. The van der Waals surface area contributed by atoms with E-state index in [9.17, 15) is 14.4 Å². The molecule has 0 spiro atoms. The van der Waals surface area contributed by atoms with Gasteiger partial charge in [-0.3, -0.25) is 18.7 Å². The summed E-state index contributed by atoms with van der Waals surface area (Å²) in [5.41, 5.74) is -0.335. The van der Waals surface area contributed by atoms with Gasteiger partial charge in [0.2, 0.25) is 5.91 Å². The molecule has 3 aromatic heterocycles. The highest BCUT2D eigenvalue weighted by Crippen LogP contribution is 2.17. The quantitative estimate of drug-likeness (QED) is 0.713. The lowest BCUT2D eigenvalue weighted by Crippen LogP contribution is -2.44. The molecule has 0 unspecified atom stereocenters. The van der Waals surface area contributed by atoms with E-state index >= 15 is 0 Å². The van der Waals surface area contributed by atoms with Crippen LogP contribution in [0.1, 0.15) is 37.0 Å². The lowest BCUT2D eigenvalue weighted by atomic mass is 9.95. The average molecular weight is 398 g/mol. The highest BCUT2D eigenvalue weighted by atomic mass is 32.1. The van der Waals surface area contributed by atoms with Crippen LogP contribution in [0.25, 0.3) is 11.0 Å². The van der Waals surface area contributed by atoms with Gasteiger partial charge in [-0.25, -0.2) is 9.78 Å². The van der Waals surface area contributed by atoms with Gasteiger partial charge in [-0.05, 0) is 36.4 Å². The third-order valence-electron chi connectivity index (χ3n) is 5.15. The number of pyridine rings is 1. The number of carbonyl (C=O) groups is 1. The zero-order valence-corrected chi connectivity index (χ0v) is 16.3. The molecule has 1 saturated carbocycles. The van der Waals surface area contributed by atoms with Gasteiger partial charge in [-0.15, -0.1) is 11.3 Å². The maximum absolute atomic E-state index is 13.1. The number of nitrogens with zero attached hydrogens (tertiary/aromatic N) is 3. The van der Waals surface area contributed by atoms with Gasteiger partial charge in [0.1, 0.15) is 6.54 Å². The van der Waals surface area contributed by atoms with E-state index in [4.69, 9.17) is 0 Å². The Bertz CT molecular complexity index is 1090. The van der Waals surface area contributed by atoms with Gasteiger partial charge in [0.05, 0.1) is 12.1 Å². The van der Waals surface area contributed by atoms with Crippen LogP contribution in [-0.4, -0.2) is 26.1 Å². The molecule has 8 heteroatoms. The number of nitrogens with one attached hydrogen (secondary N) is 1. The van der Waals surface area contributed by atoms with Crippen molar-refractivity contribution in [2.45, 2.75) is 51.2 Å². The number of hydrogen-bond donors (Lipinski definition) is 1. The summed E-state index contributed by atoms with van der Waals surface area (Å²) in [6, 6.07) is 7.24. The van der Waals surface area contributed by atoms with Crippen molar-refractivity contribution in [3.63, 3.8) is 0 Å². The predicted molar refractivity (Wildman–Crippen MR) is 109 cm³/mol. The summed E-state index contributed by atoms with van der Waals surface area (Å²) >= 11 is 1.48. The van der Waals surface area contributed by atoms with Crippen molar-refractivity contribution in [2.75, 3.05) is 0 Å². The number of rotatable bonds is 5. The summed E-state index contributed by atoms with van der Waals surface area (Å²) in [7, 11) is 0. The molecule has 0 bridgehead atoms. The maximum Gasteiger partial charge on any atom is 0.332 e. The molecule has 1 N–H and O–H groups in total. The van der Waals surface area contributed by atoms with E-state index < -0.39 is 11.2 Å². The molecule has 1 fully saturated rings. The van der Waals surface area contributed by atoms with Crippen molar-refractivity contribution in [1.82, 2.24) is 19.4 Å². The van der Waals surface area contributed by atoms with Crippen LogP contribution in [0.2, 0.25) is 0 Å². The molecule has 3 heterocycles. The molecular formula is C20H22N4O3S. The van der Waals surface area contributed by atoms with E-state index in [1.165, 1.54) is 28.5 Å². The molecule has 28 heavy (non-hydrogen) atoms. The van der Waals surface area contributed by atoms with Gasteiger partial charge >= 0.3 is 5.69 Å². The fraction of sp³-hybridized carbons (Fsp3) is 0.400. The lowest BCUT2D eigenvalue weighted by molar-refractivity contribution is -0.122. The zero-order chi connectivity index (χ0) is 19.5. The fourth-order valence-electron chi connectivity index (χ4n) is 3.76. The summed E-state index contributed by atoms with van der Waals surface area (Å²) < 4.78 is 2.52. The summed E-state index contributed by atoms with van der Waals surface area (Å²) in [4.78, 5) is 43.6. The smallest absolute Gasteiger partial charge is 0.332 e. The van der Waals surface area contributed by atoms with Crippen LogP contribution in [0.3, 0.4) is 0 Å². The molecule has 3 aromatic rings. The largest absolute Gasteiger partial charge is 0.352 e. The van der Waals surface area contributed by atoms with Crippen LogP contribution in [0.15, 0.2) is 45.4 Å². The molecule has 7 nitrogen and oxygen atoms in total. The second-order valence-electron chi connectivity index (χ2n) is 7.11. The number of thiophene rings is 1. The summed E-state index contributed by atoms with van der Waals surface area (Å²) in [6.07, 6.45) is 6.90. The number of aromatic nitrogens is 3. The van der Waals surface area contributed by atoms with Gasteiger partial charge in [0.15, 0.2) is 5.52 Å². The minimum absolute atomic E-state index is 0.123. The lowest BCUT2D eigenvalue weighted by Gasteiger charge is -2.23. The SMILES string of the molecule is O=C(Cn1c(=O)n(Cc2cccs2)c(=O)c2ncccc21)NC1CCCCC1. The molecule has 0 aromatic carbocycles. The maximum atomic E-state index is 13.1. The monoisotopic (exact) mass is 398 g/mol. The van der Waals surface area contributed by atoms with Crippen LogP contribution in [0.5, 0.6) is 0 Å². The van der Waals surface area contributed by atoms with Gasteiger partial charge in [0, 0.05) is 17.1 Å². The highest BCUT2D eigenvalue weighted by Gasteiger charge is 2.19.